The number of nitrogen functional groups attached to an aromatic ring is 1. The number of anilines is 1. The number of nitrogens with two attached hydrogens (primary N) is 1. The van der Waals surface area contributed by atoms with Gasteiger partial charge in [-0.05, 0) is 24.6 Å². The zero-order valence-electron chi connectivity index (χ0n) is 12.0. The minimum Gasteiger partial charge on any atom is -0.495 e. The van der Waals surface area contributed by atoms with Gasteiger partial charge in [-0.3, -0.25) is 0 Å². The van der Waals surface area contributed by atoms with Crippen molar-refractivity contribution in [3.05, 3.63) is 53.6 Å². The number of ether oxygens (including phenoxy) is 1. The Hall–Kier alpha value is -2.05. The fraction of sp³-hybridized carbons (Fsp3) is 0.200. The van der Waals surface area contributed by atoms with Crippen LogP contribution in [-0.4, -0.2) is 15.5 Å². The van der Waals surface area contributed by atoms with Gasteiger partial charge in [-0.15, -0.1) is 0 Å². The predicted octanol–water partition coefficient (Wildman–Crippen LogP) is 2.06. The third-order valence-corrected chi connectivity index (χ3v) is 4.50. The normalized spacial score (nSPS) is 11.3. The molecule has 0 aliphatic rings. The molecule has 0 heterocycles. The topological polar surface area (TPSA) is 81.4 Å². The van der Waals surface area contributed by atoms with Gasteiger partial charge in [-0.25, -0.2) is 13.1 Å². The maximum absolute atomic E-state index is 12.3. The molecule has 2 rings (SSSR count). The SMILES string of the molecule is COc1cc(N)ccc1S(=O)(=O)NCc1ccc(C)cc1. The molecule has 3 N–H and O–H groups in total. The van der Waals surface area contributed by atoms with Crippen LogP contribution in [0.3, 0.4) is 0 Å². The highest BCUT2D eigenvalue weighted by Crippen LogP contribution is 2.25. The summed E-state index contributed by atoms with van der Waals surface area (Å²) in [5, 5.41) is 0. The van der Waals surface area contributed by atoms with Gasteiger partial charge < -0.3 is 10.5 Å². The van der Waals surface area contributed by atoms with E-state index in [1.54, 1.807) is 0 Å². The lowest BCUT2D eigenvalue weighted by Gasteiger charge is -2.11. The van der Waals surface area contributed by atoms with Crippen LogP contribution >= 0.6 is 0 Å². The Morgan fingerprint density at radius 2 is 1.81 bits per heavy atom. The van der Waals surface area contributed by atoms with Crippen molar-refractivity contribution in [1.82, 2.24) is 4.72 Å². The van der Waals surface area contributed by atoms with E-state index in [1.165, 1.54) is 25.3 Å². The highest BCUT2D eigenvalue weighted by atomic mass is 32.2. The van der Waals surface area contributed by atoms with Crippen molar-refractivity contribution in [2.45, 2.75) is 18.4 Å². The molecule has 0 aliphatic carbocycles. The van der Waals surface area contributed by atoms with Gasteiger partial charge in [0.1, 0.15) is 10.6 Å². The van der Waals surface area contributed by atoms with Gasteiger partial charge in [0.25, 0.3) is 0 Å². The Labute approximate surface area is 124 Å². The van der Waals surface area contributed by atoms with E-state index >= 15 is 0 Å². The van der Waals surface area contributed by atoms with Crippen LogP contribution < -0.4 is 15.2 Å². The van der Waals surface area contributed by atoms with Crippen LogP contribution in [0.2, 0.25) is 0 Å². The molecule has 0 unspecified atom stereocenters. The second kappa shape index (κ2) is 6.15. The van der Waals surface area contributed by atoms with E-state index in [0.29, 0.717) is 5.69 Å². The van der Waals surface area contributed by atoms with Crippen LogP contribution in [0.4, 0.5) is 5.69 Å². The summed E-state index contributed by atoms with van der Waals surface area (Å²) >= 11 is 0. The maximum atomic E-state index is 12.3. The van der Waals surface area contributed by atoms with Crippen LogP contribution in [0.1, 0.15) is 11.1 Å². The molecule has 0 radical (unpaired) electrons. The number of methoxy groups -OCH3 is 1. The summed E-state index contributed by atoms with van der Waals surface area (Å²) in [6, 6.07) is 12.1. The molecule has 0 atom stereocenters. The third kappa shape index (κ3) is 3.74. The minimum atomic E-state index is -3.66. The Balaban J connectivity index is 2.20. The average molecular weight is 306 g/mol. The van der Waals surface area contributed by atoms with Crippen molar-refractivity contribution in [1.29, 1.82) is 0 Å². The van der Waals surface area contributed by atoms with E-state index < -0.39 is 10.0 Å². The Bertz CT molecular complexity index is 725. The molecule has 21 heavy (non-hydrogen) atoms. The van der Waals surface area contributed by atoms with Crippen molar-refractivity contribution in [2.75, 3.05) is 12.8 Å². The summed E-state index contributed by atoms with van der Waals surface area (Å²) in [4.78, 5) is 0.0753. The molecule has 6 heteroatoms. The first-order valence-electron chi connectivity index (χ1n) is 6.41. The Kier molecular flexibility index (Phi) is 4.50. The highest BCUT2D eigenvalue weighted by Gasteiger charge is 2.19. The monoisotopic (exact) mass is 306 g/mol. The summed E-state index contributed by atoms with van der Waals surface area (Å²) in [6.07, 6.45) is 0. The van der Waals surface area contributed by atoms with Gasteiger partial charge in [-0.1, -0.05) is 29.8 Å². The third-order valence-electron chi connectivity index (χ3n) is 3.06. The van der Waals surface area contributed by atoms with E-state index in [4.69, 9.17) is 10.5 Å². The molecule has 0 amide bonds. The summed E-state index contributed by atoms with van der Waals surface area (Å²) in [6.45, 7) is 2.20. The first-order chi connectivity index (χ1) is 9.92. The molecular formula is C15H18N2O3S. The van der Waals surface area contributed by atoms with Gasteiger partial charge >= 0.3 is 0 Å². The second-order valence-electron chi connectivity index (χ2n) is 4.72. The number of aryl methyl sites for hydroxylation is 1. The first-order valence-corrected chi connectivity index (χ1v) is 7.89. The summed E-state index contributed by atoms with van der Waals surface area (Å²) in [7, 11) is -2.25. The van der Waals surface area contributed by atoms with E-state index in [2.05, 4.69) is 4.72 Å². The van der Waals surface area contributed by atoms with Crippen molar-refractivity contribution in [3.63, 3.8) is 0 Å². The maximum Gasteiger partial charge on any atom is 0.244 e. The van der Waals surface area contributed by atoms with Crippen molar-refractivity contribution in [3.8, 4) is 5.75 Å². The molecule has 0 aromatic heterocycles. The summed E-state index contributed by atoms with van der Waals surface area (Å²) < 4.78 is 32.3. The molecule has 0 fully saturated rings. The highest BCUT2D eigenvalue weighted by molar-refractivity contribution is 7.89. The number of nitrogens with one attached hydrogen (secondary N) is 1. The predicted molar refractivity (Wildman–Crippen MR) is 82.6 cm³/mol. The Morgan fingerprint density at radius 1 is 1.14 bits per heavy atom. The van der Waals surface area contributed by atoms with Gasteiger partial charge in [0.2, 0.25) is 10.0 Å². The van der Waals surface area contributed by atoms with Crippen LogP contribution in [0.25, 0.3) is 0 Å². The zero-order chi connectivity index (χ0) is 15.5. The lowest BCUT2D eigenvalue weighted by molar-refractivity contribution is 0.402. The van der Waals surface area contributed by atoms with Crippen molar-refractivity contribution < 1.29 is 13.2 Å². The van der Waals surface area contributed by atoms with E-state index in [0.717, 1.165) is 11.1 Å². The standard InChI is InChI=1S/C15H18N2O3S/c1-11-3-5-12(6-4-11)10-17-21(18,19)15-8-7-13(16)9-14(15)20-2/h3-9,17H,10,16H2,1-2H3. The van der Waals surface area contributed by atoms with Crippen molar-refractivity contribution >= 4 is 15.7 Å². The van der Waals surface area contributed by atoms with Crippen LogP contribution in [0.5, 0.6) is 5.75 Å². The van der Waals surface area contributed by atoms with E-state index in [1.807, 2.05) is 31.2 Å². The number of benzene rings is 2. The fourth-order valence-electron chi connectivity index (χ4n) is 1.87. The van der Waals surface area contributed by atoms with Gasteiger partial charge in [0, 0.05) is 18.3 Å². The molecule has 2 aromatic carbocycles. The summed E-state index contributed by atoms with van der Waals surface area (Å²) in [5.74, 6) is 0.228. The largest absolute Gasteiger partial charge is 0.495 e. The van der Waals surface area contributed by atoms with Crippen molar-refractivity contribution in [2.24, 2.45) is 0 Å². The molecule has 0 saturated heterocycles. The summed E-state index contributed by atoms with van der Waals surface area (Å²) in [5.41, 5.74) is 8.09. The quantitative estimate of drug-likeness (QED) is 0.829. The molecule has 0 bridgehead atoms. The van der Waals surface area contributed by atoms with Crippen LogP contribution in [0, 0.1) is 6.92 Å². The molecule has 0 saturated carbocycles. The minimum absolute atomic E-state index is 0.0753. The Morgan fingerprint density at radius 3 is 2.43 bits per heavy atom. The first kappa shape index (κ1) is 15.3. The second-order valence-corrected chi connectivity index (χ2v) is 6.46. The molecule has 2 aromatic rings. The molecular weight excluding hydrogens is 288 g/mol. The molecule has 0 spiro atoms. The van der Waals surface area contributed by atoms with Gasteiger partial charge in [-0.2, -0.15) is 0 Å². The number of rotatable bonds is 5. The fourth-order valence-corrected chi connectivity index (χ4v) is 3.03. The average Bonchev–Trinajstić information content (AvgIpc) is 2.46. The van der Waals surface area contributed by atoms with Crippen LogP contribution in [-0.2, 0) is 16.6 Å². The zero-order valence-corrected chi connectivity index (χ0v) is 12.8. The number of sulfonamides is 1. The lowest BCUT2D eigenvalue weighted by Crippen LogP contribution is -2.23. The molecule has 5 nitrogen and oxygen atoms in total. The van der Waals surface area contributed by atoms with Crippen LogP contribution in [0.15, 0.2) is 47.4 Å². The molecule has 112 valence electrons. The van der Waals surface area contributed by atoms with E-state index in [-0.39, 0.29) is 17.2 Å². The number of hydrogen-bond donors (Lipinski definition) is 2. The number of hydrogen-bond acceptors (Lipinski definition) is 4. The van der Waals surface area contributed by atoms with Gasteiger partial charge in [0.15, 0.2) is 0 Å². The van der Waals surface area contributed by atoms with Gasteiger partial charge in [0.05, 0.1) is 7.11 Å². The van der Waals surface area contributed by atoms with E-state index in [9.17, 15) is 8.42 Å². The smallest absolute Gasteiger partial charge is 0.244 e. The molecule has 0 aliphatic heterocycles. The lowest BCUT2D eigenvalue weighted by atomic mass is 10.2.